The Morgan fingerprint density at radius 1 is 1.17 bits per heavy atom. The van der Waals surface area contributed by atoms with Crippen LogP contribution in [0.3, 0.4) is 0 Å². The highest BCUT2D eigenvalue weighted by Crippen LogP contribution is 2.28. The molecule has 2 aliphatic heterocycles. The number of hydrogen-bond donors (Lipinski definition) is 0. The molecular weight excluding hydrogens is 404 g/mol. The predicted molar refractivity (Wildman–Crippen MR) is 111 cm³/mol. The lowest BCUT2D eigenvalue weighted by Gasteiger charge is -2.36. The molecule has 2 aliphatic rings. The molecule has 8 nitrogen and oxygen atoms in total. The van der Waals surface area contributed by atoms with Crippen molar-refractivity contribution in [1.29, 1.82) is 0 Å². The van der Waals surface area contributed by atoms with Crippen molar-refractivity contribution in [2.75, 3.05) is 39.4 Å². The first-order valence-electron chi connectivity index (χ1n) is 10.3. The summed E-state index contributed by atoms with van der Waals surface area (Å²) in [6, 6.07) is 7.57. The number of aromatic nitrogens is 2. The predicted octanol–water partition coefficient (Wildman–Crippen LogP) is 2.38. The molecule has 2 aromatic rings. The molecule has 1 aromatic carbocycles. The lowest BCUT2D eigenvalue weighted by Crippen LogP contribution is -2.49. The van der Waals surface area contributed by atoms with E-state index in [-0.39, 0.29) is 17.7 Å². The standard InChI is InChI=1S/C21H26N4O4S/c1-15-22-19(23-29-15)14-30-18-7-3-2-6-17(18)21(27)25-8-4-5-16(13-25)20(26)24-9-11-28-12-10-24/h2-3,6-7,16H,4-5,8-14H2,1H3. The zero-order valence-electron chi connectivity index (χ0n) is 17.1. The number of ether oxygens (including phenoxy) is 1. The number of nitrogens with zero attached hydrogens (tertiary/aromatic N) is 4. The van der Waals surface area contributed by atoms with E-state index in [1.54, 1.807) is 6.92 Å². The Bertz CT molecular complexity index is 897. The third-order valence-corrected chi connectivity index (χ3v) is 6.49. The first-order valence-corrected chi connectivity index (χ1v) is 11.3. The summed E-state index contributed by atoms with van der Waals surface area (Å²) in [4.78, 5) is 35.0. The lowest BCUT2D eigenvalue weighted by molar-refractivity contribution is -0.141. The zero-order chi connectivity index (χ0) is 20.9. The van der Waals surface area contributed by atoms with Crippen LogP contribution in [0.15, 0.2) is 33.7 Å². The van der Waals surface area contributed by atoms with Crippen molar-refractivity contribution in [2.45, 2.75) is 30.4 Å². The first kappa shape index (κ1) is 20.9. The van der Waals surface area contributed by atoms with Crippen LogP contribution in [0.25, 0.3) is 0 Å². The molecular formula is C21H26N4O4S. The highest BCUT2D eigenvalue weighted by Gasteiger charge is 2.32. The van der Waals surface area contributed by atoms with Gasteiger partial charge in [-0.1, -0.05) is 17.3 Å². The third-order valence-electron chi connectivity index (χ3n) is 5.42. The lowest BCUT2D eigenvalue weighted by atomic mass is 9.95. The van der Waals surface area contributed by atoms with E-state index < -0.39 is 0 Å². The van der Waals surface area contributed by atoms with Crippen molar-refractivity contribution in [2.24, 2.45) is 5.92 Å². The topological polar surface area (TPSA) is 88.8 Å². The van der Waals surface area contributed by atoms with Gasteiger partial charge in [0.25, 0.3) is 5.91 Å². The molecule has 4 rings (SSSR count). The van der Waals surface area contributed by atoms with E-state index >= 15 is 0 Å². The van der Waals surface area contributed by atoms with Gasteiger partial charge in [-0.15, -0.1) is 11.8 Å². The second-order valence-corrected chi connectivity index (χ2v) is 8.56. The largest absolute Gasteiger partial charge is 0.378 e. The molecule has 0 saturated carbocycles. The van der Waals surface area contributed by atoms with E-state index in [0.717, 1.165) is 17.7 Å². The summed E-state index contributed by atoms with van der Waals surface area (Å²) in [6.45, 7) is 5.35. The van der Waals surface area contributed by atoms with E-state index in [0.29, 0.717) is 62.4 Å². The van der Waals surface area contributed by atoms with Crippen molar-refractivity contribution in [3.63, 3.8) is 0 Å². The molecule has 0 aliphatic carbocycles. The summed E-state index contributed by atoms with van der Waals surface area (Å²) in [5.74, 6) is 1.64. The van der Waals surface area contributed by atoms with Gasteiger partial charge in [0.15, 0.2) is 5.82 Å². The zero-order valence-corrected chi connectivity index (χ0v) is 17.9. The Morgan fingerprint density at radius 3 is 2.73 bits per heavy atom. The van der Waals surface area contributed by atoms with Crippen LogP contribution < -0.4 is 0 Å². The van der Waals surface area contributed by atoms with E-state index in [1.165, 1.54) is 11.8 Å². The number of piperidine rings is 1. The summed E-state index contributed by atoms with van der Waals surface area (Å²) in [5, 5.41) is 3.92. The number of carbonyl (C=O) groups is 2. The molecule has 1 unspecified atom stereocenters. The first-order chi connectivity index (χ1) is 14.6. The van der Waals surface area contributed by atoms with Crippen LogP contribution in [0.1, 0.15) is 34.9 Å². The molecule has 9 heteroatoms. The number of thioether (sulfide) groups is 1. The molecule has 160 valence electrons. The Hall–Kier alpha value is -2.39. The Morgan fingerprint density at radius 2 is 1.97 bits per heavy atom. The van der Waals surface area contributed by atoms with Crippen molar-refractivity contribution < 1.29 is 18.8 Å². The number of hydrogen-bond acceptors (Lipinski definition) is 7. The van der Waals surface area contributed by atoms with Crippen molar-refractivity contribution >= 4 is 23.6 Å². The number of aryl methyl sites for hydroxylation is 1. The van der Waals surface area contributed by atoms with E-state index in [1.807, 2.05) is 34.1 Å². The summed E-state index contributed by atoms with van der Waals surface area (Å²) in [7, 11) is 0. The molecule has 2 saturated heterocycles. The monoisotopic (exact) mass is 430 g/mol. The Labute approximate surface area is 179 Å². The van der Waals surface area contributed by atoms with Crippen molar-refractivity contribution in [3.8, 4) is 0 Å². The minimum Gasteiger partial charge on any atom is -0.378 e. The molecule has 2 fully saturated rings. The van der Waals surface area contributed by atoms with Gasteiger partial charge in [-0.3, -0.25) is 9.59 Å². The maximum Gasteiger partial charge on any atom is 0.255 e. The molecule has 0 N–H and O–H groups in total. The van der Waals surface area contributed by atoms with Crippen molar-refractivity contribution in [3.05, 3.63) is 41.5 Å². The second-order valence-electron chi connectivity index (χ2n) is 7.54. The van der Waals surface area contributed by atoms with E-state index in [9.17, 15) is 9.59 Å². The van der Waals surface area contributed by atoms with Crippen LogP contribution in [0.2, 0.25) is 0 Å². The van der Waals surface area contributed by atoms with Gasteiger partial charge in [0.05, 0.1) is 30.4 Å². The van der Waals surface area contributed by atoms with Crippen molar-refractivity contribution in [1.82, 2.24) is 19.9 Å². The maximum absolute atomic E-state index is 13.3. The highest BCUT2D eigenvalue weighted by atomic mass is 32.2. The SMILES string of the molecule is Cc1nc(CSc2ccccc2C(=O)N2CCCC(C(=O)N3CCOCC3)C2)no1. The average Bonchev–Trinajstić information content (AvgIpc) is 3.22. The minimum atomic E-state index is -0.136. The van der Waals surface area contributed by atoms with Gasteiger partial charge in [0.2, 0.25) is 11.8 Å². The van der Waals surface area contributed by atoms with Gasteiger partial charge in [-0.2, -0.15) is 4.98 Å². The second kappa shape index (κ2) is 9.61. The fourth-order valence-corrected chi connectivity index (χ4v) is 4.77. The molecule has 1 atom stereocenters. The third kappa shape index (κ3) is 4.84. The van der Waals surface area contributed by atoms with Gasteiger partial charge in [-0.05, 0) is 25.0 Å². The summed E-state index contributed by atoms with van der Waals surface area (Å²) >= 11 is 1.51. The van der Waals surface area contributed by atoms with Crippen LogP contribution in [-0.2, 0) is 15.3 Å². The Kier molecular flexibility index (Phi) is 6.69. The van der Waals surface area contributed by atoms with E-state index in [4.69, 9.17) is 9.26 Å². The average molecular weight is 431 g/mol. The van der Waals surface area contributed by atoms with Gasteiger partial charge in [0.1, 0.15) is 0 Å². The maximum atomic E-state index is 13.3. The highest BCUT2D eigenvalue weighted by molar-refractivity contribution is 7.98. The number of amides is 2. The summed E-state index contributed by atoms with van der Waals surface area (Å²) in [6.07, 6.45) is 1.66. The summed E-state index contributed by atoms with van der Waals surface area (Å²) in [5.41, 5.74) is 0.655. The molecule has 3 heterocycles. The molecule has 0 bridgehead atoms. The number of benzene rings is 1. The van der Waals surface area contributed by atoms with Crippen LogP contribution in [0.5, 0.6) is 0 Å². The summed E-state index contributed by atoms with van der Waals surface area (Å²) < 4.78 is 10.4. The van der Waals surface area contributed by atoms with Crippen LogP contribution in [-0.4, -0.2) is 71.1 Å². The molecule has 0 radical (unpaired) electrons. The van der Waals surface area contributed by atoms with Crippen LogP contribution in [0, 0.1) is 12.8 Å². The van der Waals surface area contributed by atoms with Crippen LogP contribution >= 0.6 is 11.8 Å². The van der Waals surface area contributed by atoms with Gasteiger partial charge in [0, 0.05) is 38.0 Å². The quantitative estimate of drug-likeness (QED) is 0.673. The number of carbonyl (C=O) groups excluding carboxylic acids is 2. The molecule has 1 aromatic heterocycles. The normalized spacial score (nSPS) is 19.7. The Balaban J connectivity index is 1.42. The smallest absolute Gasteiger partial charge is 0.255 e. The van der Waals surface area contributed by atoms with Gasteiger partial charge >= 0.3 is 0 Å². The minimum absolute atomic E-state index is 0.0260. The number of morpholine rings is 1. The molecule has 30 heavy (non-hydrogen) atoms. The fourth-order valence-electron chi connectivity index (χ4n) is 3.89. The fraction of sp³-hybridized carbons (Fsp3) is 0.524. The van der Waals surface area contributed by atoms with E-state index in [2.05, 4.69) is 10.1 Å². The van der Waals surface area contributed by atoms with Gasteiger partial charge in [-0.25, -0.2) is 0 Å². The van der Waals surface area contributed by atoms with Crippen LogP contribution in [0.4, 0.5) is 0 Å². The molecule has 0 spiro atoms. The molecule has 2 amide bonds. The number of likely N-dealkylation sites (tertiary alicyclic amines) is 1. The van der Waals surface area contributed by atoms with Gasteiger partial charge < -0.3 is 19.1 Å². The number of rotatable bonds is 5.